The molecule has 0 aliphatic heterocycles. The van der Waals surface area contributed by atoms with Crippen molar-refractivity contribution in [1.29, 1.82) is 0 Å². The van der Waals surface area contributed by atoms with Crippen LogP contribution >= 0.6 is 0 Å². The van der Waals surface area contributed by atoms with Crippen molar-refractivity contribution in [3.63, 3.8) is 0 Å². The molecular formula is C24H42O2. The van der Waals surface area contributed by atoms with Gasteiger partial charge in [0.05, 0.1) is 5.60 Å². The van der Waals surface area contributed by atoms with Crippen LogP contribution in [-0.2, 0) is 0 Å². The highest BCUT2D eigenvalue weighted by Gasteiger charge is 2.61. The van der Waals surface area contributed by atoms with Crippen LogP contribution in [-0.4, -0.2) is 22.4 Å². The van der Waals surface area contributed by atoms with Gasteiger partial charge in [0.25, 0.3) is 0 Å². The van der Waals surface area contributed by atoms with Gasteiger partial charge in [-0.1, -0.05) is 40.0 Å². The lowest BCUT2D eigenvalue weighted by atomic mass is 9.43. The van der Waals surface area contributed by atoms with Crippen molar-refractivity contribution >= 4 is 0 Å². The lowest BCUT2D eigenvalue weighted by Gasteiger charge is -2.63. The molecule has 8 atom stereocenters. The molecule has 0 spiro atoms. The second-order valence-corrected chi connectivity index (χ2v) is 11.2. The van der Waals surface area contributed by atoms with Crippen LogP contribution in [0.3, 0.4) is 0 Å². The molecule has 4 aliphatic carbocycles. The Morgan fingerprint density at radius 1 is 0.962 bits per heavy atom. The predicted molar refractivity (Wildman–Crippen MR) is 107 cm³/mol. The molecule has 0 aromatic heterocycles. The summed E-state index contributed by atoms with van der Waals surface area (Å²) in [6, 6.07) is 0. The second-order valence-electron chi connectivity index (χ2n) is 11.2. The number of aliphatic hydroxyl groups is 2. The Balaban J connectivity index is 1.58. The Morgan fingerprint density at radius 2 is 1.77 bits per heavy atom. The summed E-state index contributed by atoms with van der Waals surface area (Å²) in [5.74, 6) is 3.46. The van der Waals surface area contributed by atoms with E-state index < -0.39 is 5.60 Å². The van der Waals surface area contributed by atoms with Crippen molar-refractivity contribution in [2.45, 2.75) is 103 Å². The van der Waals surface area contributed by atoms with Gasteiger partial charge >= 0.3 is 0 Å². The van der Waals surface area contributed by atoms with Gasteiger partial charge in [0.1, 0.15) is 0 Å². The molecule has 0 saturated heterocycles. The molecule has 2 N–H and O–H groups in total. The molecule has 2 nitrogen and oxygen atoms in total. The molecule has 150 valence electrons. The summed E-state index contributed by atoms with van der Waals surface area (Å²) in [4.78, 5) is 0. The van der Waals surface area contributed by atoms with Crippen LogP contribution in [0.1, 0.15) is 97.8 Å². The minimum absolute atomic E-state index is 0.0888. The maximum atomic E-state index is 11.4. The van der Waals surface area contributed by atoms with E-state index in [0.29, 0.717) is 16.7 Å². The number of fused-ring (bicyclic) bond motifs is 5. The van der Waals surface area contributed by atoms with Gasteiger partial charge in [-0.15, -0.1) is 0 Å². The minimum Gasteiger partial charge on any atom is -0.396 e. The van der Waals surface area contributed by atoms with Crippen molar-refractivity contribution in [2.75, 3.05) is 6.61 Å². The third kappa shape index (κ3) is 2.81. The molecule has 4 saturated carbocycles. The van der Waals surface area contributed by atoms with E-state index in [1.165, 1.54) is 44.9 Å². The highest BCUT2D eigenvalue weighted by Crippen LogP contribution is 2.67. The Labute approximate surface area is 161 Å². The Morgan fingerprint density at radius 3 is 2.50 bits per heavy atom. The van der Waals surface area contributed by atoms with Crippen molar-refractivity contribution in [3.05, 3.63) is 0 Å². The van der Waals surface area contributed by atoms with Crippen LogP contribution in [0.2, 0.25) is 0 Å². The van der Waals surface area contributed by atoms with Gasteiger partial charge in [-0.3, -0.25) is 0 Å². The first-order valence-corrected chi connectivity index (χ1v) is 11.7. The minimum atomic E-state index is -0.613. The molecule has 0 aromatic rings. The largest absolute Gasteiger partial charge is 0.396 e. The SMILES string of the molecule is CCCCC1(O)CC2CC[C@@H]3[C@@H](CC[C@]4(C)CCC[C@@H]34)[C@@]2(C)CC1CO. The first kappa shape index (κ1) is 19.2. The molecule has 0 amide bonds. The molecule has 3 unspecified atom stereocenters. The highest BCUT2D eigenvalue weighted by molar-refractivity contribution is 5.10. The molecule has 2 heteroatoms. The van der Waals surface area contributed by atoms with E-state index in [4.69, 9.17) is 0 Å². The van der Waals surface area contributed by atoms with Crippen LogP contribution in [0.4, 0.5) is 0 Å². The van der Waals surface area contributed by atoms with Crippen LogP contribution < -0.4 is 0 Å². The summed E-state index contributed by atoms with van der Waals surface area (Å²) in [6.45, 7) is 7.50. The molecule has 0 aromatic carbocycles. The van der Waals surface area contributed by atoms with Crippen molar-refractivity contribution in [1.82, 2.24) is 0 Å². The summed E-state index contributed by atoms with van der Waals surface area (Å²) in [5, 5.41) is 21.6. The van der Waals surface area contributed by atoms with Gasteiger partial charge in [-0.25, -0.2) is 0 Å². The highest BCUT2D eigenvalue weighted by atomic mass is 16.3. The second kappa shape index (κ2) is 6.76. The van der Waals surface area contributed by atoms with Crippen molar-refractivity contribution in [3.8, 4) is 0 Å². The van der Waals surface area contributed by atoms with E-state index in [2.05, 4.69) is 20.8 Å². The average Bonchev–Trinajstić information content (AvgIpc) is 3.02. The number of unbranched alkanes of at least 4 members (excludes halogenated alkanes) is 1. The van der Waals surface area contributed by atoms with Crippen LogP contribution in [0, 0.1) is 40.4 Å². The predicted octanol–water partition coefficient (Wildman–Crippen LogP) is 5.56. The number of aliphatic hydroxyl groups excluding tert-OH is 1. The third-order valence-electron chi connectivity index (χ3n) is 10.1. The van der Waals surface area contributed by atoms with Crippen LogP contribution in [0.25, 0.3) is 0 Å². The fraction of sp³-hybridized carbons (Fsp3) is 1.00. The fourth-order valence-corrected chi connectivity index (χ4v) is 8.52. The van der Waals surface area contributed by atoms with Gasteiger partial charge < -0.3 is 10.2 Å². The lowest BCUT2D eigenvalue weighted by molar-refractivity contribution is -0.182. The van der Waals surface area contributed by atoms with Gasteiger partial charge in [-0.2, -0.15) is 0 Å². The van der Waals surface area contributed by atoms with Crippen molar-refractivity contribution in [2.24, 2.45) is 40.4 Å². The maximum Gasteiger partial charge on any atom is 0.0700 e. The van der Waals surface area contributed by atoms with E-state index in [1.807, 2.05) is 0 Å². The van der Waals surface area contributed by atoms with E-state index in [0.717, 1.165) is 49.9 Å². The van der Waals surface area contributed by atoms with E-state index >= 15 is 0 Å². The van der Waals surface area contributed by atoms with Crippen LogP contribution in [0.15, 0.2) is 0 Å². The summed E-state index contributed by atoms with van der Waals surface area (Å²) < 4.78 is 0. The average molecular weight is 363 g/mol. The lowest BCUT2D eigenvalue weighted by Crippen LogP contribution is -2.59. The molecule has 26 heavy (non-hydrogen) atoms. The summed E-state index contributed by atoms with van der Waals surface area (Å²) in [7, 11) is 0. The van der Waals surface area contributed by atoms with E-state index in [1.54, 1.807) is 0 Å². The van der Waals surface area contributed by atoms with Gasteiger partial charge in [0.15, 0.2) is 0 Å². The topological polar surface area (TPSA) is 40.5 Å². The quantitative estimate of drug-likeness (QED) is 0.687. The first-order chi connectivity index (χ1) is 12.4. The van der Waals surface area contributed by atoms with E-state index in [9.17, 15) is 10.2 Å². The first-order valence-electron chi connectivity index (χ1n) is 11.7. The molecule has 0 heterocycles. The fourth-order valence-electron chi connectivity index (χ4n) is 8.52. The molecule has 0 bridgehead atoms. The molecule has 4 fully saturated rings. The number of hydrogen-bond acceptors (Lipinski definition) is 2. The Bertz CT molecular complexity index is 518. The standard InChI is InChI=1S/C24H42O2/c1-4-5-12-24(26)15-17-8-9-19-20-7-6-11-22(20,2)13-10-21(19)23(17,3)14-18(24)16-25/h17-21,25-26H,4-16H2,1-3H3/t17?,18?,19-,20-,21+,22-,23-,24?/m0/s1. The number of rotatable bonds is 4. The van der Waals surface area contributed by atoms with E-state index in [-0.39, 0.29) is 12.5 Å². The zero-order valence-corrected chi connectivity index (χ0v) is 17.5. The summed E-state index contributed by atoms with van der Waals surface area (Å²) >= 11 is 0. The third-order valence-corrected chi connectivity index (χ3v) is 10.1. The number of hydrogen-bond donors (Lipinski definition) is 2. The zero-order chi connectivity index (χ0) is 18.6. The monoisotopic (exact) mass is 362 g/mol. The molecule has 0 radical (unpaired) electrons. The summed E-state index contributed by atoms with van der Waals surface area (Å²) in [6.07, 6.45) is 15.0. The zero-order valence-electron chi connectivity index (χ0n) is 17.5. The van der Waals surface area contributed by atoms with Gasteiger partial charge in [0, 0.05) is 12.5 Å². The Kier molecular flexibility index (Phi) is 5.01. The smallest absolute Gasteiger partial charge is 0.0700 e. The normalized spacial score (nSPS) is 53.7. The van der Waals surface area contributed by atoms with Crippen molar-refractivity contribution < 1.29 is 10.2 Å². The molecular weight excluding hydrogens is 320 g/mol. The summed E-state index contributed by atoms with van der Waals surface area (Å²) in [5.41, 5.74) is 0.355. The Hall–Kier alpha value is -0.0800. The molecule has 4 rings (SSSR count). The molecule has 4 aliphatic rings. The van der Waals surface area contributed by atoms with Gasteiger partial charge in [0.2, 0.25) is 0 Å². The van der Waals surface area contributed by atoms with Gasteiger partial charge in [-0.05, 0) is 92.3 Å². The maximum absolute atomic E-state index is 11.4. The van der Waals surface area contributed by atoms with Crippen LogP contribution in [0.5, 0.6) is 0 Å².